The smallest absolute Gasteiger partial charge is 0.270 e. The summed E-state index contributed by atoms with van der Waals surface area (Å²) in [4.78, 5) is 12.5. The predicted octanol–water partition coefficient (Wildman–Crippen LogP) is 2.77. The fourth-order valence-electron chi connectivity index (χ4n) is 1.97. The number of fused-ring (bicyclic) bond motifs is 1. The molecule has 0 radical (unpaired) electrons. The summed E-state index contributed by atoms with van der Waals surface area (Å²) in [7, 11) is 0. The first-order chi connectivity index (χ1) is 9.16. The first kappa shape index (κ1) is 11.8. The lowest BCUT2D eigenvalue weighted by Crippen LogP contribution is -2.14. The number of nitrogens with two attached hydrogens (primary N) is 1. The molecule has 1 aromatic carbocycles. The molecular weight excluding hydrogens is 258 g/mol. The van der Waals surface area contributed by atoms with E-state index in [1.54, 1.807) is 0 Å². The number of aromatic nitrogens is 2. The van der Waals surface area contributed by atoms with Gasteiger partial charge in [-0.25, -0.2) is 0 Å². The molecule has 0 aliphatic rings. The van der Waals surface area contributed by atoms with Gasteiger partial charge in [-0.1, -0.05) is 30.3 Å². The molecule has 2 heterocycles. The molecule has 1 amide bonds. The summed E-state index contributed by atoms with van der Waals surface area (Å²) in [5.74, 6) is -0.543. The molecule has 0 aliphatic carbocycles. The Bertz CT molecular complexity index is 765. The molecule has 0 saturated carbocycles. The highest BCUT2D eigenvalue weighted by Crippen LogP contribution is 2.35. The molecule has 0 unspecified atom stereocenters. The average Bonchev–Trinajstić information content (AvgIpc) is 2.85. The zero-order valence-corrected chi connectivity index (χ0v) is 11.1. The Hall–Kier alpha value is -2.27. The van der Waals surface area contributed by atoms with E-state index < -0.39 is 5.91 Å². The molecule has 4 nitrogen and oxygen atoms in total. The van der Waals surface area contributed by atoms with Crippen LogP contribution >= 0.6 is 11.3 Å². The molecule has 3 aromatic rings. The third-order valence-electron chi connectivity index (χ3n) is 2.93. The Morgan fingerprint density at radius 1 is 1.21 bits per heavy atom. The average molecular weight is 269 g/mol. The minimum absolute atomic E-state index is 0.243. The van der Waals surface area contributed by atoms with Gasteiger partial charge in [0.15, 0.2) is 5.69 Å². The van der Waals surface area contributed by atoms with E-state index in [0.717, 1.165) is 26.2 Å². The normalized spacial score (nSPS) is 10.8. The zero-order valence-electron chi connectivity index (χ0n) is 10.3. The van der Waals surface area contributed by atoms with Crippen LogP contribution in [0.1, 0.15) is 16.2 Å². The Morgan fingerprint density at radius 2 is 1.95 bits per heavy atom. The van der Waals surface area contributed by atoms with Gasteiger partial charge in [0.1, 0.15) is 0 Å². The number of carbonyl (C=O) groups excluding carboxylic acids is 1. The van der Waals surface area contributed by atoms with Gasteiger partial charge in [0.25, 0.3) is 5.91 Å². The topological polar surface area (TPSA) is 68.9 Å². The fraction of sp³-hybridized carbons (Fsp3) is 0.0714. The predicted molar refractivity (Wildman–Crippen MR) is 76.1 cm³/mol. The second-order valence-corrected chi connectivity index (χ2v) is 5.27. The lowest BCUT2D eigenvalue weighted by atomic mass is 10.1. The molecule has 2 aromatic heterocycles. The fourth-order valence-corrected chi connectivity index (χ4v) is 3.17. The van der Waals surface area contributed by atoms with Crippen molar-refractivity contribution in [2.45, 2.75) is 6.92 Å². The van der Waals surface area contributed by atoms with E-state index in [1.165, 1.54) is 11.3 Å². The van der Waals surface area contributed by atoms with E-state index >= 15 is 0 Å². The third kappa shape index (κ3) is 1.98. The monoisotopic (exact) mass is 269 g/mol. The molecule has 5 heteroatoms. The van der Waals surface area contributed by atoms with Crippen molar-refractivity contribution >= 4 is 27.3 Å². The number of aryl methyl sites for hydroxylation is 1. The van der Waals surface area contributed by atoms with E-state index in [4.69, 9.17) is 5.73 Å². The van der Waals surface area contributed by atoms with Crippen LogP contribution in [0.5, 0.6) is 0 Å². The van der Waals surface area contributed by atoms with Gasteiger partial charge in [0.2, 0.25) is 0 Å². The highest BCUT2D eigenvalue weighted by atomic mass is 32.1. The molecular formula is C14H11N3OS. The molecule has 0 spiro atoms. The van der Waals surface area contributed by atoms with Crippen LogP contribution in [-0.2, 0) is 0 Å². The van der Waals surface area contributed by atoms with Gasteiger partial charge in [-0.3, -0.25) is 4.79 Å². The number of nitrogens with zero attached hydrogens (tertiary/aromatic N) is 2. The van der Waals surface area contributed by atoms with Crippen LogP contribution in [0, 0.1) is 6.92 Å². The van der Waals surface area contributed by atoms with Crippen LogP contribution in [0.4, 0.5) is 0 Å². The van der Waals surface area contributed by atoms with Crippen molar-refractivity contribution in [1.82, 2.24) is 10.2 Å². The summed E-state index contributed by atoms with van der Waals surface area (Å²) in [5.41, 5.74) is 7.50. The highest BCUT2D eigenvalue weighted by molar-refractivity contribution is 7.22. The van der Waals surface area contributed by atoms with Gasteiger partial charge < -0.3 is 5.73 Å². The van der Waals surface area contributed by atoms with Gasteiger partial charge in [0.05, 0.1) is 10.4 Å². The summed E-state index contributed by atoms with van der Waals surface area (Å²) < 4.78 is 0.804. The Balaban J connectivity index is 2.29. The largest absolute Gasteiger partial charge is 0.364 e. The maximum Gasteiger partial charge on any atom is 0.270 e. The first-order valence-corrected chi connectivity index (χ1v) is 6.60. The number of benzene rings is 1. The number of thiophene rings is 1. The number of hydrogen-bond donors (Lipinski definition) is 1. The number of amides is 1. The van der Waals surface area contributed by atoms with Crippen molar-refractivity contribution in [3.8, 4) is 10.4 Å². The van der Waals surface area contributed by atoms with Crippen LogP contribution in [-0.4, -0.2) is 16.1 Å². The minimum Gasteiger partial charge on any atom is -0.364 e. The van der Waals surface area contributed by atoms with Gasteiger partial charge in [-0.05, 0) is 18.6 Å². The maximum absolute atomic E-state index is 11.4. The molecule has 0 fully saturated rings. The molecule has 0 atom stereocenters. The van der Waals surface area contributed by atoms with Crippen molar-refractivity contribution < 1.29 is 4.79 Å². The number of hydrogen-bond acceptors (Lipinski definition) is 4. The molecule has 3 rings (SSSR count). The number of carbonyl (C=O) groups is 1. The summed E-state index contributed by atoms with van der Waals surface area (Å²) >= 11 is 1.52. The van der Waals surface area contributed by atoms with Crippen molar-refractivity contribution in [2.75, 3.05) is 0 Å². The summed E-state index contributed by atoms with van der Waals surface area (Å²) in [6, 6.07) is 12.0. The van der Waals surface area contributed by atoms with E-state index in [9.17, 15) is 4.79 Å². The maximum atomic E-state index is 11.4. The Labute approximate surface area is 113 Å². The van der Waals surface area contributed by atoms with Crippen LogP contribution < -0.4 is 5.73 Å². The molecule has 94 valence electrons. The highest BCUT2D eigenvalue weighted by Gasteiger charge is 2.15. The molecule has 0 saturated heterocycles. The van der Waals surface area contributed by atoms with Gasteiger partial charge in [-0.2, -0.15) is 5.10 Å². The SMILES string of the molecule is Cc1nnc(C(N)=O)c2sc(-c3ccccc3)cc12. The quantitative estimate of drug-likeness (QED) is 0.777. The van der Waals surface area contributed by atoms with E-state index in [1.807, 2.05) is 43.3 Å². The van der Waals surface area contributed by atoms with Crippen molar-refractivity contribution in [3.63, 3.8) is 0 Å². The van der Waals surface area contributed by atoms with Crippen LogP contribution in [0.25, 0.3) is 20.5 Å². The van der Waals surface area contributed by atoms with E-state index in [-0.39, 0.29) is 5.69 Å². The van der Waals surface area contributed by atoms with Gasteiger partial charge in [0, 0.05) is 10.3 Å². The van der Waals surface area contributed by atoms with Gasteiger partial charge >= 0.3 is 0 Å². The Kier molecular flexibility index (Phi) is 2.76. The standard InChI is InChI=1S/C14H11N3OS/c1-8-10-7-11(9-5-3-2-4-6-9)19-13(10)12(14(15)18)17-16-8/h2-7H,1H3,(H2,15,18). The van der Waals surface area contributed by atoms with Crippen molar-refractivity contribution in [2.24, 2.45) is 5.73 Å². The summed E-state index contributed by atoms with van der Waals surface area (Å²) in [6.45, 7) is 1.88. The molecule has 19 heavy (non-hydrogen) atoms. The first-order valence-electron chi connectivity index (χ1n) is 5.79. The second-order valence-electron chi connectivity index (χ2n) is 4.22. The van der Waals surface area contributed by atoms with Crippen LogP contribution in [0.2, 0.25) is 0 Å². The number of rotatable bonds is 2. The molecule has 2 N–H and O–H groups in total. The van der Waals surface area contributed by atoms with Crippen molar-refractivity contribution in [3.05, 3.63) is 47.8 Å². The lowest BCUT2D eigenvalue weighted by molar-refractivity contribution is 0.0996. The van der Waals surface area contributed by atoms with E-state index in [2.05, 4.69) is 10.2 Å². The second kappa shape index (κ2) is 4.44. The lowest BCUT2D eigenvalue weighted by Gasteiger charge is -1.97. The van der Waals surface area contributed by atoms with E-state index in [0.29, 0.717) is 0 Å². The minimum atomic E-state index is -0.543. The molecule has 0 aliphatic heterocycles. The van der Waals surface area contributed by atoms with Crippen molar-refractivity contribution in [1.29, 1.82) is 0 Å². The van der Waals surface area contributed by atoms with Gasteiger partial charge in [-0.15, -0.1) is 16.4 Å². The van der Waals surface area contributed by atoms with Crippen LogP contribution in [0.15, 0.2) is 36.4 Å². The summed E-state index contributed by atoms with van der Waals surface area (Å²) in [6.07, 6.45) is 0. The Morgan fingerprint density at radius 3 is 2.63 bits per heavy atom. The molecule has 0 bridgehead atoms. The van der Waals surface area contributed by atoms with Crippen LogP contribution in [0.3, 0.4) is 0 Å². The third-order valence-corrected chi connectivity index (χ3v) is 4.12. The number of primary amides is 1. The summed E-state index contributed by atoms with van der Waals surface area (Å²) in [5, 5.41) is 8.83. The zero-order chi connectivity index (χ0) is 13.4.